The molecule has 0 saturated heterocycles. The normalized spacial score (nSPS) is 11.3. The lowest BCUT2D eigenvalue weighted by atomic mass is 10.2. The number of hydrogen-bond donors (Lipinski definition) is 0. The van der Waals surface area contributed by atoms with E-state index in [0.717, 1.165) is 11.1 Å². The minimum absolute atomic E-state index is 0.146. The molecule has 0 aliphatic rings. The van der Waals surface area contributed by atoms with Gasteiger partial charge in [0.15, 0.2) is 11.2 Å². The molecule has 154 valence electrons. The number of hydrogen-bond acceptors (Lipinski definition) is 4. The first kappa shape index (κ1) is 20.1. The van der Waals surface area contributed by atoms with Gasteiger partial charge in [-0.3, -0.25) is 9.36 Å². The van der Waals surface area contributed by atoms with Crippen LogP contribution < -0.4 is 11.2 Å². The lowest BCUT2D eigenvalue weighted by Crippen LogP contribution is -2.41. The van der Waals surface area contributed by atoms with Crippen molar-refractivity contribution >= 4 is 22.8 Å². The highest BCUT2D eigenvalue weighted by molar-refractivity contribution is 6.31. The Morgan fingerprint density at radius 2 is 1.80 bits per heavy atom. The van der Waals surface area contributed by atoms with Gasteiger partial charge in [0, 0.05) is 12.1 Å². The summed E-state index contributed by atoms with van der Waals surface area (Å²) in [5, 5.41) is 0.603. The Morgan fingerprint density at radius 3 is 2.53 bits per heavy atom. The van der Waals surface area contributed by atoms with Crippen molar-refractivity contribution in [3.8, 4) is 5.69 Å². The SMILES string of the molecule is COCCn1c(=O)c2c(ncn2Cc2ccccc2Cl)n(-c2ccccc2C)c1=O. The second-order valence-electron chi connectivity index (χ2n) is 6.99. The fraction of sp³-hybridized carbons (Fsp3) is 0.227. The topological polar surface area (TPSA) is 71.1 Å². The molecule has 30 heavy (non-hydrogen) atoms. The summed E-state index contributed by atoms with van der Waals surface area (Å²) in [5.41, 5.74) is 2.26. The van der Waals surface area contributed by atoms with E-state index in [9.17, 15) is 9.59 Å². The Kier molecular flexibility index (Phi) is 5.57. The van der Waals surface area contributed by atoms with Crippen molar-refractivity contribution in [2.45, 2.75) is 20.0 Å². The Hall–Kier alpha value is -3.16. The lowest BCUT2D eigenvalue weighted by molar-refractivity contribution is 0.184. The van der Waals surface area contributed by atoms with E-state index in [4.69, 9.17) is 16.3 Å². The molecule has 0 aliphatic heterocycles. The number of para-hydroxylation sites is 1. The zero-order chi connectivity index (χ0) is 21.3. The summed E-state index contributed by atoms with van der Waals surface area (Å²) in [5.74, 6) is 0. The third kappa shape index (κ3) is 3.46. The number of aromatic nitrogens is 4. The van der Waals surface area contributed by atoms with Crippen molar-refractivity contribution in [1.82, 2.24) is 18.7 Å². The van der Waals surface area contributed by atoms with Crippen LogP contribution in [0, 0.1) is 6.92 Å². The molecule has 4 rings (SSSR count). The minimum atomic E-state index is -0.443. The van der Waals surface area contributed by atoms with Gasteiger partial charge >= 0.3 is 5.69 Å². The fourth-order valence-corrected chi connectivity index (χ4v) is 3.72. The number of halogens is 1. The summed E-state index contributed by atoms with van der Waals surface area (Å²) in [4.78, 5) is 31.0. The van der Waals surface area contributed by atoms with Crippen molar-refractivity contribution < 1.29 is 4.74 Å². The fourth-order valence-electron chi connectivity index (χ4n) is 3.52. The van der Waals surface area contributed by atoms with Gasteiger partial charge in [-0.1, -0.05) is 48.0 Å². The van der Waals surface area contributed by atoms with E-state index >= 15 is 0 Å². The number of ether oxygens (including phenoxy) is 1. The van der Waals surface area contributed by atoms with Crippen molar-refractivity contribution in [1.29, 1.82) is 0 Å². The quantitative estimate of drug-likeness (QED) is 0.477. The van der Waals surface area contributed by atoms with Gasteiger partial charge in [0.2, 0.25) is 0 Å². The summed E-state index contributed by atoms with van der Waals surface area (Å²) in [6.45, 7) is 2.67. The highest BCUT2D eigenvalue weighted by atomic mass is 35.5. The zero-order valence-electron chi connectivity index (χ0n) is 16.7. The third-order valence-corrected chi connectivity index (χ3v) is 5.44. The standard InChI is InChI=1S/C22H21ClN4O3/c1-15-7-3-6-10-18(15)27-20-19(21(28)26(22(27)29)11-12-30-2)25(14-24-20)13-16-8-4-5-9-17(16)23/h3-10,14H,11-13H2,1-2H3. The smallest absolute Gasteiger partial charge is 0.337 e. The van der Waals surface area contributed by atoms with Crippen molar-refractivity contribution in [2.24, 2.45) is 0 Å². The van der Waals surface area contributed by atoms with Crippen LogP contribution in [0.15, 0.2) is 64.4 Å². The molecular weight excluding hydrogens is 404 g/mol. The van der Waals surface area contributed by atoms with E-state index in [-0.39, 0.29) is 13.2 Å². The molecule has 0 radical (unpaired) electrons. The lowest BCUT2D eigenvalue weighted by Gasteiger charge is -2.14. The molecule has 0 spiro atoms. The second-order valence-corrected chi connectivity index (χ2v) is 7.40. The maximum Gasteiger partial charge on any atom is 0.337 e. The first-order valence-corrected chi connectivity index (χ1v) is 9.89. The minimum Gasteiger partial charge on any atom is -0.383 e. The molecule has 0 unspecified atom stereocenters. The van der Waals surface area contributed by atoms with E-state index in [1.807, 2.05) is 49.4 Å². The monoisotopic (exact) mass is 424 g/mol. The second kappa shape index (κ2) is 8.30. The van der Waals surface area contributed by atoms with Gasteiger partial charge < -0.3 is 9.30 Å². The molecule has 7 nitrogen and oxygen atoms in total. The van der Waals surface area contributed by atoms with Crippen LogP contribution in [0.5, 0.6) is 0 Å². The molecule has 0 aliphatic carbocycles. The highest BCUT2D eigenvalue weighted by Gasteiger charge is 2.20. The summed E-state index contributed by atoms with van der Waals surface area (Å²) in [6, 6.07) is 15.0. The number of aryl methyl sites for hydroxylation is 1. The van der Waals surface area contributed by atoms with Gasteiger partial charge in [0.25, 0.3) is 5.56 Å². The van der Waals surface area contributed by atoms with E-state index in [1.54, 1.807) is 17.0 Å². The van der Waals surface area contributed by atoms with Crippen molar-refractivity contribution in [2.75, 3.05) is 13.7 Å². The zero-order valence-corrected chi connectivity index (χ0v) is 17.5. The van der Waals surface area contributed by atoms with Crippen LogP contribution in [-0.2, 0) is 17.8 Å². The maximum atomic E-state index is 13.3. The number of imidazole rings is 1. The van der Waals surface area contributed by atoms with Gasteiger partial charge in [-0.15, -0.1) is 0 Å². The summed E-state index contributed by atoms with van der Waals surface area (Å²) in [6.07, 6.45) is 1.57. The Morgan fingerprint density at radius 1 is 1.07 bits per heavy atom. The first-order valence-electron chi connectivity index (χ1n) is 9.52. The van der Waals surface area contributed by atoms with Crippen LogP contribution in [0.25, 0.3) is 16.9 Å². The van der Waals surface area contributed by atoms with Gasteiger partial charge in [0.05, 0.1) is 31.7 Å². The summed E-state index contributed by atoms with van der Waals surface area (Å²) in [7, 11) is 1.53. The predicted molar refractivity (Wildman–Crippen MR) is 117 cm³/mol. The number of fused-ring (bicyclic) bond motifs is 1. The van der Waals surface area contributed by atoms with Crippen LogP contribution in [0.3, 0.4) is 0 Å². The van der Waals surface area contributed by atoms with E-state index < -0.39 is 11.2 Å². The molecule has 2 aromatic carbocycles. The molecule has 0 fully saturated rings. The molecule has 0 saturated carbocycles. The average Bonchev–Trinajstić information content (AvgIpc) is 3.14. The molecule has 8 heteroatoms. The van der Waals surface area contributed by atoms with Crippen LogP contribution in [0.4, 0.5) is 0 Å². The Labute approximate surface area is 177 Å². The van der Waals surface area contributed by atoms with E-state index in [1.165, 1.54) is 16.2 Å². The molecule has 2 heterocycles. The van der Waals surface area contributed by atoms with Crippen LogP contribution in [0.1, 0.15) is 11.1 Å². The molecule has 0 bridgehead atoms. The molecule has 0 atom stereocenters. The number of nitrogens with zero attached hydrogens (tertiary/aromatic N) is 4. The van der Waals surface area contributed by atoms with Crippen LogP contribution in [-0.4, -0.2) is 32.4 Å². The molecular formula is C22H21ClN4O3. The Balaban J connectivity index is 2.01. The maximum absolute atomic E-state index is 13.3. The van der Waals surface area contributed by atoms with Gasteiger partial charge in [-0.05, 0) is 30.2 Å². The van der Waals surface area contributed by atoms with Gasteiger partial charge in [0.1, 0.15) is 0 Å². The summed E-state index contributed by atoms with van der Waals surface area (Å²) >= 11 is 6.32. The molecule has 4 aromatic rings. The van der Waals surface area contributed by atoms with Crippen molar-refractivity contribution in [3.63, 3.8) is 0 Å². The number of rotatable bonds is 6. The predicted octanol–water partition coefficient (Wildman–Crippen LogP) is 3.01. The van der Waals surface area contributed by atoms with E-state index in [0.29, 0.717) is 28.4 Å². The van der Waals surface area contributed by atoms with Crippen molar-refractivity contribution in [3.05, 3.63) is 91.8 Å². The summed E-state index contributed by atoms with van der Waals surface area (Å²) < 4.78 is 9.53. The van der Waals surface area contributed by atoms with Crippen LogP contribution >= 0.6 is 11.6 Å². The largest absolute Gasteiger partial charge is 0.383 e. The molecule has 0 N–H and O–H groups in total. The van der Waals surface area contributed by atoms with Crippen LogP contribution in [0.2, 0.25) is 5.02 Å². The van der Waals surface area contributed by atoms with Gasteiger partial charge in [-0.25, -0.2) is 14.3 Å². The number of methoxy groups -OCH3 is 1. The molecule has 2 aromatic heterocycles. The average molecular weight is 425 g/mol. The first-order chi connectivity index (χ1) is 14.5. The van der Waals surface area contributed by atoms with Gasteiger partial charge in [-0.2, -0.15) is 0 Å². The number of benzene rings is 2. The third-order valence-electron chi connectivity index (χ3n) is 5.07. The van der Waals surface area contributed by atoms with E-state index in [2.05, 4.69) is 4.98 Å². The highest BCUT2D eigenvalue weighted by Crippen LogP contribution is 2.20. The molecule has 0 amide bonds. The Bertz CT molecular complexity index is 1340.